The maximum Gasteiger partial charge on any atom is 0.180 e. The molecule has 0 aliphatic heterocycles. The molecule has 0 aliphatic carbocycles. The topological polar surface area (TPSA) is 83.1 Å². The number of aliphatic hydroxyl groups excluding tert-OH is 1. The summed E-state index contributed by atoms with van der Waals surface area (Å²) in [4.78, 5) is 0.170. The summed E-state index contributed by atoms with van der Waals surface area (Å²) in [6.07, 6.45) is 0. The number of H-pyrrole nitrogens is 1. The Bertz CT molecular complexity index is 995. The van der Waals surface area contributed by atoms with Gasteiger partial charge in [-0.05, 0) is 24.6 Å². The molecule has 130 valence electrons. The second-order valence-electron chi connectivity index (χ2n) is 5.70. The Labute approximate surface area is 151 Å². The monoisotopic (exact) mass is 376 g/mol. The zero-order chi connectivity index (χ0) is 18.0. The third-order valence-electron chi connectivity index (χ3n) is 3.88. The summed E-state index contributed by atoms with van der Waals surface area (Å²) in [5.41, 5.74) is 4.22. The molecule has 1 aromatic heterocycles. The van der Waals surface area contributed by atoms with E-state index in [0.29, 0.717) is 10.8 Å². The van der Waals surface area contributed by atoms with Crippen molar-refractivity contribution in [2.75, 3.05) is 12.4 Å². The predicted octanol–water partition coefficient (Wildman–Crippen LogP) is 3.47. The quantitative estimate of drug-likeness (QED) is 0.714. The van der Waals surface area contributed by atoms with Crippen LogP contribution < -0.4 is 0 Å². The molecule has 0 saturated carbocycles. The van der Waals surface area contributed by atoms with Gasteiger partial charge in [0.15, 0.2) is 9.84 Å². The fraction of sp³-hybridized carbons (Fsp3) is 0.167. The van der Waals surface area contributed by atoms with Crippen molar-refractivity contribution in [2.24, 2.45) is 0 Å². The van der Waals surface area contributed by atoms with E-state index in [4.69, 9.17) is 16.7 Å². The zero-order valence-corrected chi connectivity index (χ0v) is 15.1. The summed E-state index contributed by atoms with van der Waals surface area (Å²) in [5, 5.41) is 16.4. The molecule has 3 aromatic rings. The SMILES string of the molecule is Cc1cccc(-c2c(-c3ccc(S(=O)(=O)CCO)cc3)n[nH]c2Cl)c1. The summed E-state index contributed by atoms with van der Waals surface area (Å²) in [6, 6.07) is 14.3. The molecule has 0 spiro atoms. The van der Waals surface area contributed by atoms with Crippen LogP contribution in [-0.4, -0.2) is 36.1 Å². The molecule has 0 saturated heterocycles. The minimum atomic E-state index is -3.48. The highest BCUT2D eigenvalue weighted by atomic mass is 35.5. The van der Waals surface area contributed by atoms with Crippen LogP contribution in [-0.2, 0) is 9.84 Å². The van der Waals surface area contributed by atoms with E-state index in [1.807, 2.05) is 31.2 Å². The van der Waals surface area contributed by atoms with Gasteiger partial charge in [0, 0.05) is 11.1 Å². The van der Waals surface area contributed by atoms with Crippen LogP contribution in [0.4, 0.5) is 0 Å². The van der Waals surface area contributed by atoms with Crippen molar-refractivity contribution in [3.63, 3.8) is 0 Å². The van der Waals surface area contributed by atoms with Gasteiger partial charge in [0.25, 0.3) is 0 Å². The molecular formula is C18H17ClN2O3S. The number of nitrogens with zero attached hydrogens (tertiary/aromatic N) is 1. The van der Waals surface area contributed by atoms with Crippen molar-refractivity contribution >= 4 is 21.4 Å². The largest absolute Gasteiger partial charge is 0.395 e. The van der Waals surface area contributed by atoms with E-state index in [9.17, 15) is 8.42 Å². The number of rotatable bonds is 5. The van der Waals surface area contributed by atoms with Crippen LogP contribution in [0, 0.1) is 6.92 Å². The van der Waals surface area contributed by atoms with Crippen LogP contribution in [0.25, 0.3) is 22.4 Å². The molecule has 0 unspecified atom stereocenters. The molecule has 0 radical (unpaired) electrons. The van der Waals surface area contributed by atoms with Gasteiger partial charge in [0.1, 0.15) is 10.8 Å². The smallest absolute Gasteiger partial charge is 0.180 e. The Hall–Kier alpha value is -2.15. The first kappa shape index (κ1) is 17.7. The Morgan fingerprint density at radius 1 is 1.12 bits per heavy atom. The van der Waals surface area contributed by atoms with Gasteiger partial charge < -0.3 is 5.11 Å². The van der Waals surface area contributed by atoms with E-state index in [2.05, 4.69) is 10.2 Å². The molecular weight excluding hydrogens is 360 g/mol. The van der Waals surface area contributed by atoms with Crippen molar-refractivity contribution in [1.82, 2.24) is 10.2 Å². The van der Waals surface area contributed by atoms with Crippen molar-refractivity contribution in [3.8, 4) is 22.4 Å². The van der Waals surface area contributed by atoms with Crippen LogP contribution in [0.2, 0.25) is 5.15 Å². The molecule has 5 nitrogen and oxygen atoms in total. The van der Waals surface area contributed by atoms with Crippen LogP contribution in [0.3, 0.4) is 0 Å². The second kappa shape index (κ2) is 7.00. The average Bonchev–Trinajstić information content (AvgIpc) is 2.96. The minimum Gasteiger partial charge on any atom is -0.395 e. The lowest BCUT2D eigenvalue weighted by Crippen LogP contribution is -2.09. The third kappa shape index (κ3) is 3.61. The lowest BCUT2D eigenvalue weighted by molar-refractivity contribution is 0.319. The molecule has 1 heterocycles. The highest BCUT2D eigenvalue weighted by Crippen LogP contribution is 2.36. The van der Waals surface area contributed by atoms with Gasteiger partial charge in [-0.1, -0.05) is 53.6 Å². The zero-order valence-electron chi connectivity index (χ0n) is 13.5. The van der Waals surface area contributed by atoms with E-state index < -0.39 is 16.4 Å². The van der Waals surface area contributed by atoms with Gasteiger partial charge >= 0.3 is 0 Å². The number of hydrogen-bond donors (Lipinski definition) is 2. The number of aryl methyl sites for hydroxylation is 1. The maximum atomic E-state index is 12.0. The second-order valence-corrected chi connectivity index (χ2v) is 8.18. The summed E-state index contributed by atoms with van der Waals surface area (Å²) in [6.45, 7) is 1.59. The number of halogens is 1. The first-order chi connectivity index (χ1) is 11.9. The first-order valence-electron chi connectivity index (χ1n) is 7.67. The molecule has 0 fully saturated rings. The third-order valence-corrected chi connectivity index (χ3v) is 5.86. The van der Waals surface area contributed by atoms with E-state index in [0.717, 1.165) is 22.3 Å². The summed E-state index contributed by atoms with van der Waals surface area (Å²) in [7, 11) is -3.48. The van der Waals surface area contributed by atoms with Crippen molar-refractivity contribution in [2.45, 2.75) is 11.8 Å². The van der Waals surface area contributed by atoms with Crippen molar-refractivity contribution < 1.29 is 13.5 Å². The van der Waals surface area contributed by atoms with Gasteiger partial charge in [0.05, 0.1) is 17.3 Å². The van der Waals surface area contributed by atoms with E-state index in [-0.39, 0.29) is 10.6 Å². The maximum absolute atomic E-state index is 12.0. The number of benzene rings is 2. The summed E-state index contributed by atoms with van der Waals surface area (Å²) >= 11 is 6.29. The van der Waals surface area contributed by atoms with Gasteiger partial charge in [0.2, 0.25) is 0 Å². The fourth-order valence-electron chi connectivity index (χ4n) is 2.65. The molecule has 7 heteroatoms. The first-order valence-corrected chi connectivity index (χ1v) is 9.70. The van der Waals surface area contributed by atoms with Crippen LogP contribution in [0.15, 0.2) is 53.4 Å². The molecule has 3 rings (SSSR count). The van der Waals surface area contributed by atoms with Crippen LogP contribution in [0.1, 0.15) is 5.56 Å². The van der Waals surface area contributed by atoms with Crippen molar-refractivity contribution in [3.05, 3.63) is 59.2 Å². The standard InChI is InChI=1S/C18H17ClN2O3S/c1-12-3-2-4-14(11-12)16-17(20-21-18(16)19)13-5-7-15(8-6-13)25(23,24)10-9-22/h2-8,11,22H,9-10H2,1H3,(H,20,21). The Morgan fingerprint density at radius 2 is 1.84 bits per heavy atom. The highest BCUT2D eigenvalue weighted by molar-refractivity contribution is 7.91. The lowest BCUT2D eigenvalue weighted by Gasteiger charge is -2.07. The molecule has 0 aliphatic rings. The van der Waals surface area contributed by atoms with Gasteiger partial charge in [-0.2, -0.15) is 5.10 Å². The van der Waals surface area contributed by atoms with Gasteiger partial charge in [-0.25, -0.2) is 8.42 Å². The lowest BCUT2D eigenvalue weighted by atomic mass is 10.0. The van der Waals surface area contributed by atoms with E-state index in [1.54, 1.807) is 12.1 Å². The van der Waals surface area contributed by atoms with Crippen molar-refractivity contribution in [1.29, 1.82) is 0 Å². The summed E-state index contributed by atoms with van der Waals surface area (Å²) < 4.78 is 24.0. The van der Waals surface area contributed by atoms with E-state index >= 15 is 0 Å². The normalized spacial score (nSPS) is 11.6. The van der Waals surface area contributed by atoms with E-state index in [1.165, 1.54) is 12.1 Å². The molecule has 0 bridgehead atoms. The number of sulfone groups is 1. The molecule has 25 heavy (non-hydrogen) atoms. The summed E-state index contributed by atoms with van der Waals surface area (Å²) in [5.74, 6) is -0.297. The number of aromatic amines is 1. The van der Waals surface area contributed by atoms with Crippen LogP contribution in [0.5, 0.6) is 0 Å². The van der Waals surface area contributed by atoms with Gasteiger partial charge in [-0.15, -0.1) is 0 Å². The number of aliphatic hydroxyl groups is 1. The molecule has 2 N–H and O–H groups in total. The predicted molar refractivity (Wildman–Crippen MR) is 98.3 cm³/mol. The number of aromatic nitrogens is 2. The molecule has 0 amide bonds. The highest BCUT2D eigenvalue weighted by Gasteiger charge is 2.18. The molecule has 2 aromatic carbocycles. The fourth-order valence-corrected chi connectivity index (χ4v) is 3.92. The van der Waals surface area contributed by atoms with Crippen LogP contribution >= 0.6 is 11.6 Å². The molecule has 0 atom stereocenters. The number of nitrogens with one attached hydrogen (secondary N) is 1. The Balaban J connectivity index is 2.04. The van der Waals surface area contributed by atoms with Gasteiger partial charge in [-0.3, -0.25) is 5.10 Å². The average molecular weight is 377 g/mol. The Morgan fingerprint density at radius 3 is 2.48 bits per heavy atom. The number of hydrogen-bond acceptors (Lipinski definition) is 4. The Kier molecular flexibility index (Phi) is 4.94. The minimum absolute atomic E-state index is 0.170.